The van der Waals surface area contributed by atoms with E-state index in [1.807, 2.05) is 43.5 Å². The van der Waals surface area contributed by atoms with Crippen molar-refractivity contribution in [2.24, 2.45) is 0 Å². The topological polar surface area (TPSA) is 38.7 Å². The Labute approximate surface area is 108 Å². The molecule has 0 unspecified atom stereocenters. The quantitative estimate of drug-likeness (QED) is 0.839. The monoisotopic (exact) mass is 243 g/mol. The van der Waals surface area contributed by atoms with Crippen molar-refractivity contribution in [3.8, 4) is 5.75 Å². The van der Waals surface area contributed by atoms with Gasteiger partial charge in [-0.2, -0.15) is 0 Å². The molecule has 94 valence electrons. The molecule has 0 aliphatic carbocycles. The second-order valence-corrected chi connectivity index (χ2v) is 4.10. The molecule has 3 heteroatoms. The average molecular weight is 243 g/mol. The van der Waals surface area contributed by atoms with E-state index in [9.17, 15) is 0 Å². The number of pyridine rings is 1. The average Bonchev–Trinajstić information content (AvgIpc) is 2.41. The Kier molecular flexibility index (Phi) is 4.73. The maximum atomic E-state index is 5.48. The molecule has 0 atom stereocenters. The minimum Gasteiger partial charge on any atom is -0.494 e. The molecule has 0 aliphatic rings. The molecule has 2 rings (SSSR count). The number of nitrogens with zero attached hydrogens (tertiary/aromatic N) is 1. The van der Waals surface area contributed by atoms with Crippen LogP contribution in [-0.2, 0) is 13.1 Å². The smallest absolute Gasteiger partial charge is 0.119 e. The van der Waals surface area contributed by atoms with Crippen LogP contribution < -0.4 is 10.1 Å². The molecule has 3 nitrogen and oxygen atoms in total. The van der Waals surface area contributed by atoms with Crippen LogP contribution in [0.1, 0.15) is 18.2 Å². The third-order valence-electron chi connectivity index (χ3n) is 2.67. The number of nitrogens with two attached hydrogens (primary N) is 1. The summed E-state index contributed by atoms with van der Waals surface area (Å²) in [5, 5.41) is 2.24. The summed E-state index contributed by atoms with van der Waals surface area (Å²) in [5.74, 6) is 0.946. The van der Waals surface area contributed by atoms with Crippen LogP contribution in [0.4, 0.5) is 0 Å². The first-order valence-corrected chi connectivity index (χ1v) is 6.32. The van der Waals surface area contributed by atoms with E-state index >= 15 is 0 Å². The molecule has 18 heavy (non-hydrogen) atoms. The van der Waals surface area contributed by atoms with Crippen molar-refractivity contribution in [1.29, 1.82) is 0 Å². The summed E-state index contributed by atoms with van der Waals surface area (Å²) in [7, 11) is 0. The lowest BCUT2D eigenvalue weighted by molar-refractivity contribution is -0.686. The van der Waals surface area contributed by atoms with Gasteiger partial charge in [-0.15, -0.1) is 0 Å². The van der Waals surface area contributed by atoms with Gasteiger partial charge in [-0.3, -0.25) is 4.98 Å². The summed E-state index contributed by atoms with van der Waals surface area (Å²) in [6.07, 6.45) is 1.83. The van der Waals surface area contributed by atoms with Gasteiger partial charge in [-0.1, -0.05) is 18.2 Å². The molecule has 1 heterocycles. The summed E-state index contributed by atoms with van der Waals surface area (Å²) in [4.78, 5) is 4.30. The van der Waals surface area contributed by atoms with Crippen molar-refractivity contribution in [1.82, 2.24) is 4.98 Å². The van der Waals surface area contributed by atoms with E-state index in [2.05, 4.69) is 22.4 Å². The number of benzene rings is 1. The Morgan fingerprint density at radius 3 is 2.83 bits per heavy atom. The summed E-state index contributed by atoms with van der Waals surface area (Å²) in [5.41, 5.74) is 2.38. The third kappa shape index (κ3) is 3.86. The number of hydrogen-bond acceptors (Lipinski definition) is 2. The van der Waals surface area contributed by atoms with Crippen molar-refractivity contribution in [2.75, 3.05) is 6.61 Å². The number of hydrogen-bond donors (Lipinski definition) is 1. The molecule has 0 radical (unpaired) electrons. The molecule has 0 bridgehead atoms. The molecule has 2 N–H and O–H groups in total. The Bertz CT molecular complexity index is 471. The van der Waals surface area contributed by atoms with E-state index in [0.717, 1.165) is 24.5 Å². The highest BCUT2D eigenvalue weighted by Gasteiger charge is 2.00. The van der Waals surface area contributed by atoms with Gasteiger partial charge in [-0.05, 0) is 31.2 Å². The lowest BCUT2D eigenvalue weighted by Gasteiger charge is -2.05. The van der Waals surface area contributed by atoms with Gasteiger partial charge in [0.2, 0.25) is 0 Å². The molecule has 0 saturated carbocycles. The molecule has 0 saturated heterocycles. The Morgan fingerprint density at radius 2 is 2.06 bits per heavy atom. The van der Waals surface area contributed by atoms with Crippen LogP contribution in [0.3, 0.4) is 0 Å². The van der Waals surface area contributed by atoms with E-state index in [-0.39, 0.29) is 0 Å². The summed E-state index contributed by atoms with van der Waals surface area (Å²) in [6.45, 7) is 4.55. The highest BCUT2D eigenvalue weighted by atomic mass is 16.5. The van der Waals surface area contributed by atoms with Gasteiger partial charge in [0.1, 0.15) is 18.8 Å². The van der Waals surface area contributed by atoms with E-state index in [0.29, 0.717) is 6.61 Å². The van der Waals surface area contributed by atoms with Gasteiger partial charge in [-0.25, -0.2) is 0 Å². The number of aromatic nitrogens is 1. The Balaban J connectivity index is 1.84. The third-order valence-corrected chi connectivity index (χ3v) is 2.67. The van der Waals surface area contributed by atoms with Crippen LogP contribution in [0.5, 0.6) is 5.75 Å². The standard InChI is InChI=1S/C15H18N2O/c1-2-18-15-8-5-6-13(10-15)11-16-12-14-7-3-4-9-17-14/h3-10,16H,2,11-12H2,1H3/p+1. The van der Waals surface area contributed by atoms with Crippen molar-refractivity contribution >= 4 is 0 Å². The molecular formula is C15H19N2O+. The minimum absolute atomic E-state index is 0.709. The number of rotatable bonds is 6. The molecule has 2 aromatic rings. The van der Waals surface area contributed by atoms with E-state index in [1.165, 1.54) is 5.56 Å². The van der Waals surface area contributed by atoms with E-state index in [4.69, 9.17) is 4.74 Å². The second-order valence-electron chi connectivity index (χ2n) is 4.10. The van der Waals surface area contributed by atoms with Crippen LogP contribution in [0.25, 0.3) is 0 Å². The first-order valence-electron chi connectivity index (χ1n) is 6.32. The van der Waals surface area contributed by atoms with E-state index in [1.54, 1.807) is 0 Å². The zero-order valence-electron chi connectivity index (χ0n) is 10.7. The summed E-state index contributed by atoms with van der Waals surface area (Å²) in [6, 6.07) is 14.3. The largest absolute Gasteiger partial charge is 0.494 e. The fourth-order valence-electron chi connectivity index (χ4n) is 1.83. The Hall–Kier alpha value is -1.87. The second kappa shape index (κ2) is 6.77. The lowest BCUT2D eigenvalue weighted by atomic mass is 10.2. The minimum atomic E-state index is 0.709. The highest BCUT2D eigenvalue weighted by molar-refractivity contribution is 5.27. The van der Waals surface area contributed by atoms with Crippen molar-refractivity contribution in [3.63, 3.8) is 0 Å². The predicted molar refractivity (Wildman–Crippen MR) is 71.2 cm³/mol. The molecule has 1 aromatic carbocycles. The first-order chi connectivity index (χ1) is 8.88. The lowest BCUT2D eigenvalue weighted by Crippen LogP contribution is -2.80. The number of ether oxygens (including phenoxy) is 1. The molecule has 0 fully saturated rings. The molecule has 0 aliphatic heterocycles. The van der Waals surface area contributed by atoms with Crippen LogP contribution in [0, 0.1) is 0 Å². The maximum absolute atomic E-state index is 5.48. The van der Waals surface area contributed by atoms with Crippen molar-refractivity contribution in [3.05, 3.63) is 59.9 Å². The summed E-state index contributed by atoms with van der Waals surface area (Å²) < 4.78 is 5.48. The summed E-state index contributed by atoms with van der Waals surface area (Å²) >= 11 is 0. The van der Waals surface area contributed by atoms with Crippen LogP contribution in [0.15, 0.2) is 48.7 Å². The number of quaternary nitrogens is 1. The zero-order valence-corrected chi connectivity index (χ0v) is 10.7. The SMILES string of the molecule is CCOc1cccc(C[NH2+]Cc2ccccn2)c1. The highest BCUT2D eigenvalue weighted by Crippen LogP contribution is 2.12. The van der Waals surface area contributed by atoms with E-state index < -0.39 is 0 Å². The van der Waals surface area contributed by atoms with Crippen molar-refractivity contribution < 1.29 is 10.1 Å². The van der Waals surface area contributed by atoms with Crippen LogP contribution in [0.2, 0.25) is 0 Å². The van der Waals surface area contributed by atoms with Gasteiger partial charge >= 0.3 is 0 Å². The van der Waals surface area contributed by atoms with Crippen LogP contribution in [-0.4, -0.2) is 11.6 Å². The first kappa shape index (κ1) is 12.6. The zero-order chi connectivity index (χ0) is 12.6. The van der Waals surface area contributed by atoms with Gasteiger partial charge < -0.3 is 10.1 Å². The molecular weight excluding hydrogens is 224 g/mol. The molecule has 0 spiro atoms. The normalized spacial score (nSPS) is 10.3. The van der Waals surface area contributed by atoms with Gasteiger partial charge in [0.15, 0.2) is 0 Å². The predicted octanol–water partition coefficient (Wildman–Crippen LogP) is 1.74. The maximum Gasteiger partial charge on any atom is 0.119 e. The van der Waals surface area contributed by atoms with Gasteiger partial charge in [0.05, 0.1) is 12.3 Å². The fraction of sp³-hybridized carbons (Fsp3) is 0.267. The molecule has 1 aromatic heterocycles. The Morgan fingerprint density at radius 1 is 1.11 bits per heavy atom. The fourth-order valence-corrected chi connectivity index (χ4v) is 1.83. The van der Waals surface area contributed by atoms with Crippen molar-refractivity contribution in [2.45, 2.75) is 20.0 Å². The van der Waals surface area contributed by atoms with Gasteiger partial charge in [0.25, 0.3) is 0 Å². The molecule has 0 amide bonds. The van der Waals surface area contributed by atoms with Crippen LogP contribution >= 0.6 is 0 Å². The van der Waals surface area contributed by atoms with Gasteiger partial charge in [0, 0.05) is 11.8 Å².